The molecule has 1 spiro atoms. The Hall–Kier alpha value is -1.33. The zero-order valence-corrected chi connectivity index (χ0v) is 10.9. The Bertz CT molecular complexity index is 541. The van der Waals surface area contributed by atoms with Gasteiger partial charge in [-0.2, -0.15) is 0 Å². The zero-order valence-electron chi connectivity index (χ0n) is 10.9. The van der Waals surface area contributed by atoms with Crippen LogP contribution >= 0.6 is 0 Å². The number of aliphatic hydroxyl groups is 2. The van der Waals surface area contributed by atoms with Gasteiger partial charge in [-0.15, -0.1) is 0 Å². The summed E-state index contributed by atoms with van der Waals surface area (Å²) in [5, 5.41) is 20.6. The van der Waals surface area contributed by atoms with Crippen LogP contribution < -0.4 is 10.4 Å². The molecule has 1 aromatic heterocycles. The number of ether oxygens (including phenoxy) is 1. The van der Waals surface area contributed by atoms with Crippen molar-refractivity contribution in [3.8, 4) is 5.75 Å². The second-order valence-electron chi connectivity index (χ2n) is 5.54. The fourth-order valence-electron chi connectivity index (χ4n) is 3.22. The summed E-state index contributed by atoms with van der Waals surface area (Å²) in [6, 6.07) is 1.61. The minimum absolute atomic E-state index is 0.0364. The largest absolute Gasteiger partial charge is 0.484 e. The first-order valence-electron chi connectivity index (χ1n) is 6.73. The van der Waals surface area contributed by atoms with Gasteiger partial charge in [0.1, 0.15) is 34.9 Å². The van der Waals surface area contributed by atoms with E-state index >= 15 is 0 Å². The molecule has 5 heteroatoms. The molecule has 104 valence electrons. The third-order valence-corrected chi connectivity index (χ3v) is 4.22. The van der Waals surface area contributed by atoms with Crippen LogP contribution in [0.1, 0.15) is 49.5 Å². The van der Waals surface area contributed by atoms with E-state index in [0.29, 0.717) is 24.4 Å². The molecular weight excluding hydrogens is 248 g/mol. The molecule has 1 fully saturated rings. The monoisotopic (exact) mass is 266 g/mol. The van der Waals surface area contributed by atoms with E-state index < -0.39 is 23.4 Å². The van der Waals surface area contributed by atoms with E-state index in [0.717, 1.165) is 19.3 Å². The lowest BCUT2D eigenvalue weighted by Gasteiger charge is -2.46. The van der Waals surface area contributed by atoms with Crippen LogP contribution in [0.25, 0.3) is 0 Å². The summed E-state index contributed by atoms with van der Waals surface area (Å²) in [5.74, 6) is 0.798. The third kappa shape index (κ3) is 1.88. The fourth-order valence-corrected chi connectivity index (χ4v) is 3.22. The average molecular weight is 266 g/mol. The predicted octanol–water partition coefficient (Wildman–Crippen LogP) is 1.44. The molecule has 0 radical (unpaired) electrons. The van der Waals surface area contributed by atoms with Crippen LogP contribution in [-0.4, -0.2) is 21.9 Å². The molecule has 1 aliphatic carbocycles. The Morgan fingerprint density at radius 3 is 2.63 bits per heavy atom. The van der Waals surface area contributed by atoms with Crippen LogP contribution in [0.3, 0.4) is 0 Å². The third-order valence-electron chi connectivity index (χ3n) is 4.22. The molecule has 0 amide bonds. The van der Waals surface area contributed by atoms with Gasteiger partial charge in [0, 0.05) is 6.07 Å². The average Bonchev–Trinajstić information content (AvgIpc) is 2.36. The van der Waals surface area contributed by atoms with Gasteiger partial charge in [-0.3, -0.25) is 0 Å². The van der Waals surface area contributed by atoms with E-state index in [1.54, 1.807) is 13.0 Å². The molecule has 2 N–H and O–H groups in total. The number of hydrogen-bond acceptors (Lipinski definition) is 5. The lowest BCUT2D eigenvalue weighted by Crippen LogP contribution is -2.55. The molecule has 2 aliphatic rings. The molecule has 0 aromatic carbocycles. The molecule has 3 rings (SSSR count). The summed E-state index contributed by atoms with van der Waals surface area (Å²) in [6.07, 6.45) is 2.11. The molecule has 1 saturated carbocycles. The smallest absolute Gasteiger partial charge is 0.345 e. The molecule has 2 atom stereocenters. The van der Waals surface area contributed by atoms with Crippen LogP contribution in [0.5, 0.6) is 5.75 Å². The summed E-state index contributed by atoms with van der Waals surface area (Å²) in [5.41, 5.74) is -1.35. The predicted molar refractivity (Wildman–Crippen MR) is 67.1 cm³/mol. The normalized spacial score (nSPS) is 28.8. The van der Waals surface area contributed by atoms with E-state index in [2.05, 4.69) is 0 Å². The Morgan fingerprint density at radius 1 is 1.26 bits per heavy atom. The van der Waals surface area contributed by atoms with Crippen molar-refractivity contribution >= 4 is 0 Å². The molecular formula is C14H18O5. The van der Waals surface area contributed by atoms with Crippen molar-refractivity contribution in [2.75, 3.05) is 0 Å². The topological polar surface area (TPSA) is 79.9 Å². The van der Waals surface area contributed by atoms with Crippen molar-refractivity contribution in [1.29, 1.82) is 0 Å². The van der Waals surface area contributed by atoms with Gasteiger partial charge in [-0.05, 0) is 32.6 Å². The molecule has 0 unspecified atom stereocenters. The highest BCUT2D eigenvalue weighted by Gasteiger charge is 2.50. The van der Waals surface area contributed by atoms with Gasteiger partial charge in [0.25, 0.3) is 0 Å². The summed E-state index contributed by atoms with van der Waals surface area (Å²) >= 11 is 0. The van der Waals surface area contributed by atoms with Gasteiger partial charge < -0.3 is 19.4 Å². The second kappa shape index (κ2) is 4.35. The van der Waals surface area contributed by atoms with Gasteiger partial charge in [0.15, 0.2) is 0 Å². The van der Waals surface area contributed by atoms with Crippen LogP contribution in [0.2, 0.25) is 0 Å². The highest BCUT2D eigenvalue weighted by atomic mass is 16.5. The van der Waals surface area contributed by atoms with Crippen molar-refractivity contribution in [1.82, 2.24) is 0 Å². The van der Waals surface area contributed by atoms with Gasteiger partial charge >= 0.3 is 5.63 Å². The Labute approximate surface area is 110 Å². The van der Waals surface area contributed by atoms with Crippen LogP contribution in [0, 0.1) is 6.92 Å². The molecule has 1 aliphatic heterocycles. The molecule has 0 bridgehead atoms. The van der Waals surface area contributed by atoms with Crippen molar-refractivity contribution in [2.24, 2.45) is 0 Å². The van der Waals surface area contributed by atoms with Crippen LogP contribution in [0.15, 0.2) is 15.3 Å². The van der Waals surface area contributed by atoms with Crippen LogP contribution in [-0.2, 0) is 0 Å². The minimum atomic E-state index is -1.24. The molecule has 2 heterocycles. The van der Waals surface area contributed by atoms with Gasteiger partial charge in [0.2, 0.25) is 0 Å². The van der Waals surface area contributed by atoms with Crippen molar-refractivity contribution in [3.05, 3.63) is 27.8 Å². The van der Waals surface area contributed by atoms with Crippen molar-refractivity contribution < 1.29 is 19.4 Å². The molecule has 1 aromatic rings. The number of fused-ring (bicyclic) bond motifs is 1. The minimum Gasteiger partial charge on any atom is -0.484 e. The molecule has 19 heavy (non-hydrogen) atoms. The highest BCUT2D eigenvalue weighted by Crippen LogP contribution is 2.45. The number of aryl methyl sites for hydroxylation is 1. The number of aliphatic hydroxyl groups excluding tert-OH is 2. The van der Waals surface area contributed by atoms with Crippen molar-refractivity contribution in [2.45, 2.75) is 56.8 Å². The lowest BCUT2D eigenvalue weighted by atomic mass is 9.76. The van der Waals surface area contributed by atoms with E-state index in [1.165, 1.54) is 0 Å². The summed E-state index contributed by atoms with van der Waals surface area (Å²) in [4.78, 5) is 11.8. The van der Waals surface area contributed by atoms with E-state index in [-0.39, 0.29) is 5.56 Å². The second-order valence-corrected chi connectivity index (χ2v) is 5.54. The summed E-state index contributed by atoms with van der Waals surface area (Å²) < 4.78 is 10.9. The summed E-state index contributed by atoms with van der Waals surface area (Å²) in [6.45, 7) is 1.66. The maximum Gasteiger partial charge on any atom is 0.345 e. The van der Waals surface area contributed by atoms with E-state index in [4.69, 9.17) is 9.15 Å². The van der Waals surface area contributed by atoms with Gasteiger partial charge in [-0.25, -0.2) is 4.79 Å². The summed E-state index contributed by atoms with van der Waals surface area (Å²) in [7, 11) is 0. The lowest BCUT2D eigenvalue weighted by molar-refractivity contribution is -0.145. The zero-order chi connectivity index (χ0) is 13.6. The molecule has 0 saturated heterocycles. The first-order chi connectivity index (χ1) is 9.03. The first kappa shape index (κ1) is 12.7. The quantitative estimate of drug-likeness (QED) is 0.742. The maximum absolute atomic E-state index is 11.8. The Morgan fingerprint density at radius 2 is 1.95 bits per heavy atom. The highest BCUT2D eigenvalue weighted by molar-refractivity contribution is 5.37. The number of rotatable bonds is 0. The standard InChI is InChI=1S/C14H18O5/c1-8-7-9-10(13(17)18-8)11(15)12(16)14(19-9)5-3-2-4-6-14/h7,11-12,15-16H,2-6H2,1H3/t11-,12+/m1/s1. The SMILES string of the molecule is Cc1cc2c(c(=O)o1)[C@@H](O)[C@H](O)C1(CCCCC1)O2. The first-order valence-corrected chi connectivity index (χ1v) is 6.73. The van der Waals surface area contributed by atoms with E-state index in [1.807, 2.05) is 0 Å². The number of hydrogen-bond donors (Lipinski definition) is 2. The fraction of sp³-hybridized carbons (Fsp3) is 0.643. The van der Waals surface area contributed by atoms with Crippen LogP contribution in [0.4, 0.5) is 0 Å². The maximum atomic E-state index is 11.8. The Balaban J connectivity index is 2.10. The Kier molecular flexibility index (Phi) is 2.91. The van der Waals surface area contributed by atoms with Crippen molar-refractivity contribution in [3.63, 3.8) is 0 Å². The van der Waals surface area contributed by atoms with E-state index in [9.17, 15) is 15.0 Å². The molecule has 5 nitrogen and oxygen atoms in total. The van der Waals surface area contributed by atoms with Gasteiger partial charge in [0.05, 0.1) is 0 Å². The van der Waals surface area contributed by atoms with Gasteiger partial charge in [-0.1, -0.05) is 6.42 Å².